The van der Waals surface area contributed by atoms with Crippen molar-refractivity contribution in [1.29, 1.82) is 0 Å². The average Bonchev–Trinajstić information content (AvgIpc) is 3.21. The van der Waals surface area contributed by atoms with Crippen LogP contribution in [0.25, 0.3) is 16.8 Å². The summed E-state index contributed by atoms with van der Waals surface area (Å²) in [7, 11) is 0. The lowest BCUT2D eigenvalue weighted by Crippen LogP contribution is -2.41. The number of fused-ring (bicyclic) bond motifs is 1. The van der Waals surface area contributed by atoms with Crippen molar-refractivity contribution in [2.24, 2.45) is 0 Å². The third-order valence-electron chi connectivity index (χ3n) is 4.50. The molecule has 0 unspecified atom stereocenters. The Morgan fingerprint density at radius 2 is 2.04 bits per heavy atom. The van der Waals surface area contributed by atoms with E-state index in [4.69, 9.17) is 9.15 Å². The molecule has 0 radical (unpaired) electrons. The average molecular weight is 349 g/mol. The van der Waals surface area contributed by atoms with Crippen LogP contribution in [0.2, 0.25) is 0 Å². The molecule has 0 aliphatic carbocycles. The first-order valence-corrected chi connectivity index (χ1v) is 8.67. The maximum atomic E-state index is 12.3. The van der Waals surface area contributed by atoms with Crippen molar-refractivity contribution in [2.45, 2.75) is 18.9 Å². The summed E-state index contributed by atoms with van der Waals surface area (Å²) >= 11 is 0. The van der Waals surface area contributed by atoms with Crippen LogP contribution in [0.1, 0.15) is 18.6 Å². The monoisotopic (exact) mass is 349 g/mol. The Hall–Kier alpha value is -3.15. The molecule has 0 bridgehead atoms. The molecule has 2 aromatic heterocycles. The van der Waals surface area contributed by atoms with Crippen LogP contribution in [0, 0.1) is 0 Å². The Bertz CT molecular complexity index is 908. The smallest absolute Gasteiger partial charge is 0.246 e. The lowest BCUT2D eigenvalue weighted by molar-refractivity contribution is -0.127. The molecule has 1 fully saturated rings. The van der Waals surface area contributed by atoms with Crippen molar-refractivity contribution in [2.75, 3.05) is 13.1 Å². The molecule has 3 heterocycles. The predicted molar refractivity (Wildman–Crippen MR) is 97.5 cm³/mol. The summed E-state index contributed by atoms with van der Waals surface area (Å²) in [5.41, 5.74) is 0. The number of benzene rings is 1. The number of nitrogens with zero attached hydrogens (tertiary/aromatic N) is 3. The number of furan rings is 1. The fourth-order valence-electron chi connectivity index (χ4n) is 3.09. The molecule has 1 saturated heterocycles. The standard InChI is InChI=1S/C20H19N3O3/c24-19(8-7-16-5-3-13-25-16)23-11-9-17(10-12-23)26-20-18-6-2-1-4-15(18)14-21-22-20/h1-8,13-14,17H,9-12H2/b8-7+. The van der Waals surface area contributed by atoms with Crippen LogP contribution in [0.15, 0.2) is 59.4 Å². The van der Waals surface area contributed by atoms with Gasteiger partial charge in [-0.3, -0.25) is 4.79 Å². The van der Waals surface area contributed by atoms with Gasteiger partial charge < -0.3 is 14.1 Å². The van der Waals surface area contributed by atoms with E-state index in [-0.39, 0.29) is 12.0 Å². The number of rotatable bonds is 4. The summed E-state index contributed by atoms with van der Waals surface area (Å²) in [5, 5.41) is 10.1. The number of hydrogen-bond donors (Lipinski definition) is 0. The lowest BCUT2D eigenvalue weighted by Gasteiger charge is -2.31. The minimum atomic E-state index is -0.00944. The summed E-state index contributed by atoms with van der Waals surface area (Å²) in [6.45, 7) is 1.31. The van der Waals surface area contributed by atoms with Crippen molar-refractivity contribution in [3.05, 3.63) is 60.7 Å². The van der Waals surface area contributed by atoms with Crippen LogP contribution < -0.4 is 4.74 Å². The summed E-state index contributed by atoms with van der Waals surface area (Å²) in [6, 6.07) is 11.5. The number of likely N-dealkylation sites (tertiary alicyclic amines) is 1. The van der Waals surface area contributed by atoms with Gasteiger partial charge in [-0.05, 0) is 24.3 Å². The molecule has 3 aromatic rings. The van der Waals surface area contributed by atoms with E-state index >= 15 is 0 Å². The number of aromatic nitrogens is 2. The number of ether oxygens (including phenoxy) is 1. The molecule has 1 amide bonds. The second kappa shape index (κ2) is 7.39. The van der Waals surface area contributed by atoms with E-state index in [0.29, 0.717) is 24.7 Å². The largest absolute Gasteiger partial charge is 0.473 e. The van der Waals surface area contributed by atoms with Gasteiger partial charge in [0.2, 0.25) is 11.8 Å². The van der Waals surface area contributed by atoms with E-state index in [9.17, 15) is 4.79 Å². The first kappa shape index (κ1) is 16.3. The normalized spacial score (nSPS) is 15.6. The van der Waals surface area contributed by atoms with Gasteiger partial charge in [0.25, 0.3) is 0 Å². The van der Waals surface area contributed by atoms with Crippen LogP contribution in [-0.2, 0) is 4.79 Å². The Kier molecular flexibility index (Phi) is 4.64. The third kappa shape index (κ3) is 3.59. The van der Waals surface area contributed by atoms with Gasteiger partial charge in [0.05, 0.1) is 12.5 Å². The fourth-order valence-corrected chi connectivity index (χ4v) is 3.09. The Morgan fingerprint density at radius 3 is 2.85 bits per heavy atom. The van der Waals surface area contributed by atoms with Crippen molar-refractivity contribution < 1.29 is 13.9 Å². The van der Waals surface area contributed by atoms with Gasteiger partial charge in [0.15, 0.2) is 0 Å². The zero-order chi connectivity index (χ0) is 17.8. The molecule has 6 nitrogen and oxygen atoms in total. The topological polar surface area (TPSA) is 68.5 Å². The number of carbonyl (C=O) groups excluding carboxylic acids is 1. The van der Waals surface area contributed by atoms with Crippen molar-refractivity contribution in [3.63, 3.8) is 0 Å². The second-order valence-electron chi connectivity index (χ2n) is 6.23. The molecule has 4 rings (SSSR count). The molecule has 1 aliphatic heterocycles. The number of piperidine rings is 1. The molecule has 26 heavy (non-hydrogen) atoms. The Balaban J connectivity index is 1.35. The molecule has 132 valence electrons. The molecule has 0 N–H and O–H groups in total. The van der Waals surface area contributed by atoms with Gasteiger partial charge in [-0.1, -0.05) is 18.2 Å². The van der Waals surface area contributed by atoms with E-state index in [0.717, 1.165) is 23.6 Å². The summed E-state index contributed by atoms with van der Waals surface area (Å²) in [4.78, 5) is 14.1. The summed E-state index contributed by atoms with van der Waals surface area (Å²) in [6.07, 6.45) is 8.13. The van der Waals surface area contributed by atoms with Crippen LogP contribution in [0.4, 0.5) is 0 Å². The zero-order valence-electron chi connectivity index (χ0n) is 14.2. The first-order valence-electron chi connectivity index (χ1n) is 8.67. The molecular formula is C20H19N3O3. The molecule has 0 atom stereocenters. The highest BCUT2D eigenvalue weighted by molar-refractivity contribution is 5.91. The second-order valence-corrected chi connectivity index (χ2v) is 6.23. The van der Waals surface area contributed by atoms with E-state index in [1.54, 1.807) is 30.7 Å². The number of hydrogen-bond acceptors (Lipinski definition) is 5. The van der Waals surface area contributed by atoms with Gasteiger partial charge in [0, 0.05) is 42.8 Å². The maximum absolute atomic E-state index is 12.3. The molecule has 0 spiro atoms. The van der Waals surface area contributed by atoms with Gasteiger partial charge in [-0.15, -0.1) is 5.10 Å². The van der Waals surface area contributed by atoms with Crippen LogP contribution in [0.3, 0.4) is 0 Å². The van der Waals surface area contributed by atoms with Crippen molar-refractivity contribution >= 4 is 22.8 Å². The van der Waals surface area contributed by atoms with Gasteiger partial charge >= 0.3 is 0 Å². The summed E-state index contributed by atoms with van der Waals surface area (Å²) in [5.74, 6) is 1.22. The van der Waals surface area contributed by atoms with Crippen LogP contribution >= 0.6 is 0 Å². The van der Waals surface area contributed by atoms with Gasteiger partial charge in [-0.25, -0.2) is 0 Å². The minimum absolute atomic E-state index is 0.00944. The molecule has 0 saturated carbocycles. The van der Waals surface area contributed by atoms with Crippen molar-refractivity contribution in [1.82, 2.24) is 15.1 Å². The predicted octanol–water partition coefficient (Wildman–Crippen LogP) is 3.31. The molecule has 6 heteroatoms. The third-order valence-corrected chi connectivity index (χ3v) is 4.50. The number of carbonyl (C=O) groups is 1. The van der Waals surface area contributed by atoms with Crippen LogP contribution in [0.5, 0.6) is 5.88 Å². The highest BCUT2D eigenvalue weighted by Gasteiger charge is 2.23. The fraction of sp³-hybridized carbons (Fsp3) is 0.250. The first-order chi connectivity index (χ1) is 12.8. The Morgan fingerprint density at radius 1 is 1.19 bits per heavy atom. The Labute approximate surface area is 151 Å². The molecular weight excluding hydrogens is 330 g/mol. The minimum Gasteiger partial charge on any atom is -0.473 e. The van der Waals surface area contributed by atoms with Crippen LogP contribution in [-0.4, -0.2) is 40.2 Å². The number of amides is 1. The van der Waals surface area contributed by atoms with E-state index in [2.05, 4.69) is 10.2 Å². The van der Waals surface area contributed by atoms with E-state index < -0.39 is 0 Å². The van der Waals surface area contributed by atoms with E-state index in [1.807, 2.05) is 35.2 Å². The lowest BCUT2D eigenvalue weighted by atomic mass is 10.1. The maximum Gasteiger partial charge on any atom is 0.246 e. The highest BCUT2D eigenvalue weighted by atomic mass is 16.5. The quantitative estimate of drug-likeness (QED) is 0.676. The zero-order valence-corrected chi connectivity index (χ0v) is 14.2. The van der Waals surface area contributed by atoms with Gasteiger partial charge in [0.1, 0.15) is 11.9 Å². The van der Waals surface area contributed by atoms with Crippen molar-refractivity contribution in [3.8, 4) is 5.88 Å². The SMILES string of the molecule is O=C(/C=C/c1ccco1)N1CCC(Oc2nncc3ccccc23)CC1. The highest BCUT2D eigenvalue weighted by Crippen LogP contribution is 2.25. The molecule has 1 aromatic carbocycles. The van der Waals surface area contributed by atoms with E-state index in [1.165, 1.54) is 0 Å². The summed E-state index contributed by atoms with van der Waals surface area (Å²) < 4.78 is 11.3. The van der Waals surface area contributed by atoms with Gasteiger partial charge in [-0.2, -0.15) is 5.10 Å². The molecule has 1 aliphatic rings.